The molecule has 198 valence electrons. The number of hydrogen-bond acceptors (Lipinski definition) is 6. The zero-order valence-electron chi connectivity index (χ0n) is 19.9. The number of ether oxygens (including phenoxy) is 1. The molecule has 8 nitrogen and oxygen atoms in total. The number of hydrogen-bond donors (Lipinski definition) is 0. The summed E-state index contributed by atoms with van der Waals surface area (Å²) in [6.07, 6.45) is 1.91. The quantitative estimate of drug-likeness (QED) is 0.356. The van der Waals surface area contributed by atoms with Crippen LogP contribution in [0.3, 0.4) is 0 Å². The lowest BCUT2D eigenvalue weighted by Crippen LogP contribution is -2.49. The number of amides is 1. The van der Waals surface area contributed by atoms with Crippen molar-refractivity contribution in [1.29, 1.82) is 0 Å². The Morgan fingerprint density at radius 2 is 1.82 bits per heavy atom. The van der Waals surface area contributed by atoms with E-state index in [1.54, 1.807) is 41.3 Å². The Kier molecular flexibility index (Phi) is 7.55. The van der Waals surface area contributed by atoms with Crippen LogP contribution >= 0.6 is 34.8 Å². The Morgan fingerprint density at radius 3 is 2.50 bits per heavy atom. The Bertz CT molecular complexity index is 1510. The Morgan fingerprint density at radius 1 is 1.08 bits per heavy atom. The predicted octanol–water partition coefficient (Wildman–Crippen LogP) is 5.05. The highest BCUT2D eigenvalue weighted by atomic mass is 35.5. The Balaban J connectivity index is 1.51. The summed E-state index contributed by atoms with van der Waals surface area (Å²) in [7, 11) is -4.09. The zero-order chi connectivity index (χ0) is 27.0. The number of carbonyl (C=O) groups is 2. The van der Waals surface area contributed by atoms with Crippen molar-refractivity contribution in [2.24, 2.45) is 0 Å². The molecule has 0 radical (unpaired) electrons. The molecule has 0 saturated carbocycles. The summed E-state index contributed by atoms with van der Waals surface area (Å²) in [5, 5.41) is 0.718. The fourth-order valence-corrected chi connectivity index (χ4v) is 6.98. The zero-order valence-corrected chi connectivity index (χ0v) is 23.0. The van der Waals surface area contributed by atoms with Gasteiger partial charge in [-0.15, -0.1) is 0 Å². The molecule has 0 bridgehead atoms. The van der Waals surface area contributed by atoms with Gasteiger partial charge in [0.2, 0.25) is 11.8 Å². The van der Waals surface area contributed by atoms with Gasteiger partial charge in [-0.2, -0.15) is 0 Å². The van der Waals surface area contributed by atoms with Gasteiger partial charge in [-0.25, -0.2) is 13.4 Å². The average Bonchev–Trinajstić information content (AvgIpc) is 3.27. The number of ketones is 1. The summed E-state index contributed by atoms with van der Waals surface area (Å²) in [6.45, 7) is 0.763. The van der Waals surface area contributed by atoms with Gasteiger partial charge in [-0.05, 0) is 48.4 Å². The molecule has 1 fully saturated rings. The first-order valence-corrected chi connectivity index (χ1v) is 14.4. The summed E-state index contributed by atoms with van der Waals surface area (Å²) < 4.78 is 34.8. The van der Waals surface area contributed by atoms with E-state index in [0.29, 0.717) is 18.5 Å². The highest BCUT2D eigenvalue weighted by Crippen LogP contribution is 2.37. The van der Waals surface area contributed by atoms with Gasteiger partial charge in [0.05, 0.1) is 33.6 Å². The molecule has 3 aromatic rings. The van der Waals surface area contributed by atoms with Gasteiger partial charge < -0.3 is 9.64 Å². The maximum absolute atomic E-state index is 13.8. The van der Waals surface area contributed by atoms with Crippen LogP contribution in [-0.2, 0) is 21.2 Å². The molecule has 12 heteroatoms. The monoisotopic (exact) mass is 593 g/mol. The van der Waals surface area contributed by atoms with Crippen molar-refractivity contribution in [3.05, 3.63) is 80.9 Å². The largest absolute Gasteiger partial charge is 0.469 e. The second-order valence-electron chi connectivity index (χ2n) is 9.04. The highest BCUT2D eigenvalue weighted by Gasteiger charge is 2.37. The van der Waals surface area contributed by atoms with Crippen molar-refractivity contribution in [3.8, 4) is 5.88 Å². The fourth-order valence-electron chi connectivity index (χ4n) is 4.59. The first kappa shape index (κ1) is 26.7. The second-order valence-corrected chi connectivity index (χ2v) is 12.2. The number of aromatic nitrogens is 1. The summed E-state index contributed by atoms with van der Waals surface area (Å²) >= 11 is 18.5. The maximum atomic E-state index is 13.8. The SMILES string of the molecule is O=C(Cc1cnc2c(c1)N(S(=O)(=O)c1cccc(Cl)c1)C[C@H](CN1CCCC1=O)O2)c1c(Cl)cccc1Cl. The Hall–Kier alpha value is -2.85. The smallest absolute Gasteiger partial charge is 0.264 e. The van der Waals surface area contributed by atoms with Gasteiger partial charge in [0, 0.05) is 30.6 Å². The third-order valence-corrected chi connectivity index (χ3v) is 9.03. The van der Waals surface area contributed by atoms with Gasteiger partial charge in [-0.3, -0.25) is 13.9 Å². The van der Waals surface area contributed by atoms with E-state index in [4.69, 9.17) is 39.5 Å². The molecule has 2 aliphatic heterocycles. The summed E-state index contributed by atoms with van der Waals surface area (Å²) in [4.78, 5) is 31.2. The van der Waals surface area contributed by atoms with Gasteiger partial charge in [0.15, 0.2) is 5.78 Å². The van der Waals surface area contributed by atoms with Crippen LogP contribution in [0, 0.1) is 0 Å². The van der Waals surface area contributed by atoms with Crippen molar-refractivity contribution in [2.45, 2.75) is 30.3 Å². The summed E-state index contributed by atoms with van der Waals surface area (Å²) in [5.74, 6) is -0.247. The van der Waals surface area contributed by atoms with Crippen LogP contribution in [0.1, 0.15) is 28.8 Å². The molecule has 2 aromatic carbocycles. The van der Waals surface area contributed by atoms with Crippen molar-refractivity contribution in [3.63, 3.8) is 0 Å². The van der Waals surface area contributed by atoms with Gasteiger partial charge in [-0.1, -0.05) is 46.9 Å². The van der Waals surface area contributed by atoms with Gasteiger partial charge >= 0.3 is 0 Å². The first-order valence-electron chi connectivity index (χ1n) is 11.8. The van der Waals surface area contributed by atoms with Crippen LogP contribution in [0.15, 0.2) is 59.6 Å². The molecule has 2 aliphatic rings. The van der Waals surface area contributed by atoms with E-state index >= 15 is 0 Å². The fraction of sp³-hybridized carbons (Fsp3) is 0.269. The highest BCUT2D eigenvalue weighted by molar-refractivity contribution is 7.92. The van der Waals surface area contributed by atoms with Gasteiger partial charge in [0.25, 0.3) is 10.0 Å². The van der Waals surface area contributed by atoms with Crippen molar-refractivity contribution >= 4 is 62.2 Å². The molecule has 0 spiro atoms. The molecule has 1 aromatic heterocycles. The molecular formula is C26H22Cl3N3O5S. The molecule has 38 heavy (non-hydrogen) atoms. The number of nitrogens with zero attached hydrogens (tertiary/aromatic N) is 3. The number of benzene rings is 2. The molecule has 0 aliphatic carbocycles. The summed E-state index contributed by atoms with van der Waals surface area (Å²) in [6, 6.07) is 12.3. The third-order valence-electron chi connectivity index (χ3n) is 6.39. The van der Waals surface area contributed by atoms with E-state index in [9.17, 15) is 18.0 Å². The minimum atomic E-state index is -4.09. The van der Waals surface area contributed by atoms with Crippen LogP contribution < -0.4 is 9.04 Å². The van der Waals surface area contributed by atoms with E-state index in [1.165, 1.54) is 22.6 Å². The standard InChI is InChI=1S/C26H22Cl3N3O5S/c27-17-4-1-5-19(12-17)38(35,36)32-15-18(14-31-9-3-8-24(31)34)37-26-22(32)10-16(13-30-26)11-23(33)25-20(28)6-2-7-21(25)29/h1-2,4-7,10,12-13,18H,3,8-9,11,14-15H2/t18-/m0/s1. The average molecular weight is 595 g/mol. The van der Waals surface area contributed by atoms with Crippen LogP contribution in [0.5, 0.6) is 5.88 Å². The lowest BCUT2D eigenvalue weighted by molar-refractivity contribution is -0.128. The van der Waals surface area contributed by atoms with E-state index < -0.39 is 16.1 Å². The minimum absolute atomic E-state index is 0.00169. The van der Waals surface area contributed by atoms with E-state index in [2.05, 4.69) is 4.98 Å². The maximum Gasteiger partial charge on any atom is 0.264 e. The number of carbonyl (C=O) groups excluding carboxylic acids is 2. The molecule has 1 amide bonds. The number of sulfonamides is 1. The topological polar surface area (TPSA) is 96.9 Å². The van der Waals surface area contributed by atoms with Crippen molar-refractivity contribution < 1.29 is 22.7 Å². The van der Waals surface area contributed by atoms with Crippen molar-refractivity contribution in [1.82, 2.24) is 9.88 Å². The molecule has 3 heterocycles. The molecular weight excluding hydrogens is 573 g/mol. The minimum Gasteiger partial charge on any atom is -0.469 e. The van der Waals surface area contributed by atoms with E-state index in [-0.39, 0.29) is 68.3 Å². The van der Waals surface area contributed by atoms with Crippen LogP contribution in [0.2, 0.25) is 15.1 Å². The molecule has 1 saturated heterocycles. The number of anilines is 1. The third kappa shape index (κ3) is 5.33. The lowest BCUT2D eigenvalue weighted by atomic mass is 10.0. The normalized spacial score (nSPS) is 17.3. The molecule has 1 atom stereocenters. The molecule has 0 N–H and O–H groups in total. The molecule has 0 unspecified atom stereocenters. The second kappa shape index (κ2) is 10.7. The van der Waals surface area contributed by atoms with Crippen molar-refractivity contribution in [2.75, 3.05) is 23.9 Å². The van der Waals surface area contributed by atoms with Crippen LogP contribution in [-0.4, -0.2) is 55.7 Å². The first-order chi connectivity index (χ1) is 18.1. The van der Waals surface area contributed by atoms with Crippen LogP contribution in [0.4, 0.5) is 5.69 Å². The number of Topliss-reactive ketones (excluding diaryl/α,β-unsaturated/α-hetero) is 1. The Labute approximate surface area is 235 Å². The number of fused-ring (bicyclic) bond motifs is 1. The summed E-state index contributed by atoms with van der Waals surface area (Å²) in [5.41, 5.74) is 0.820. The number of pyridine rings is 1. The number of likely N-dealkylation sites (tertiary alicyclic amines) is 1. The van der Waals surface area contributed by atoms with E-state index in [0.717, 1.165) is 6.42 Å². The van der Waals surface area contributed by atoms with E-state index in [1.807, 2.05) is 0 Å². The number of halogens is 3. The molecule has 5 rings (SSSR count). The predicted molar refractivity (Wildman–Crippen MR) is 145 cm³/mol. The lowest BCUT2D eigenvalue weighted by Gasteiger charge is -2.36. The van der Waals surface area contributed by atoms with Gasteiger partial charge in [0.1, 0.15) is 11.8 Å². The van der Waals surface area contributed by atoms with Crippen LogP contribution in [0.25, 0.3) is 0 Å². The number of rotatable bonds is 7.